The van der Waals surface area contributed by atoms with Gasteiger partial charge >= 0.3 is 0 Å². The van der Waals surface area contributed by atoms with E-state index >= 15 is 0 Å². The normalized spacial score (nSPS) is 11.1. The molecule has 0 bridgehead atoms. The van der Waals surface area contributed by atoms with Crippen LogP contribution in [0.3, 0.4) is 0 Å². The lowest BCUT2D eigenvalue weighted by atomic mass is 10.5. The van der Waals surface area contributed by atoms with Crippen molar-refractivity contribution in [2.45, 2.75) is 0 Å². The predicted molar refractivity (Wildman–Crippen MR) is 60.3 cm³/mol. The summed E-state index contributed by atoms with van der Waals surface area (Å²) in [6.07, 6.45) is 0. The number of likely N-dealkylation sites (N-methyl/N-ethyl adjacent to an activating group) is 1. The van der Waals surface area contributed by atoms with Crippen molar-refractivity contribution in [2.75, 3.05) is 45.6 Å². The van der Waals surface area contributed by atoms with Gasteiger partial charge in [-0.05, 0) is 7.05 Å². The maximum atomic E-state index is 9.85. The monoisotopic (exact) mass is 259 g/mol. The van der Waals surface area contributed by atoms with Gasteiger partial charge in [-0.25, -0.2) is 0 Å². The smallest absolute Gasteiger partial charge is 0.266 e. The molecule has 0 aliphatic rings. The number of nitrogens with two attached hydrogens (primary N) is 1. The Morgan fingerprint density at radius 3 is 1.88 bits per heavy atom. The molecule has 9 heteroatoms. The second-order valence-electron chi connectivity index (χ2n) is 2.99. The molecule has 100 valence electrons. The minimum Gasteiger partial charge on any atom is -0.395 e. The summed E-state index contributed by atoms with van der Waals surface area (Å²) < 4.78 is 27.7. The van der Waals surface area contributed by atoms with Crippen LogP contribution in [0.1, 0.15) is 0 Å². The molecular weight excluding hydrogens is 238 g/mol. The quantitative estimate of drug-likeness (QED) is 0.188. The molecule has 8 nitrogen and oxygen atoms in total. The zero-order valence-electron chi connectivity index (χ0n) is 9.33. The fourth-order valence-electron chi connectivity index (χ4n) is 0.641. The summed E-state index contributed by atoms with van der Waals surface area (Å²) in [5.74, 6) is 4.37. The van der Waals surface area contributed by atoms with Crippen LogP contribution in [0.15, 0.2) is 0 Å². The third-order valence-electron chi connectivity index (χ3n) is 1.47. The highest BCUT2D eigenvalue weighted by Gasteiger charge is 2.00. The summed E-state index contributed by atoms with van der Waals surface area (Å²) in [4.78, 5) is 1.86. The number of aliphatic hydroxyl groups is 2. The van der Waals surface area contributed by atoms with Gasteiger partial charge in [-0.15, -0.1) is 0 Å². The summed E-state index contributed by atoms with van der Waals surface area (Å²) in [6, 6.07) is 0. The molecule has 0 atom stereocenters. The second-order valence-corrected chi connectivity index (χ2v) is 4.56. The van der Waals surface area contributed by atoms with Gasteiger partial charge in [-0.1, -0.05) is 0 Å². The fraction of sp³-hybridized carbons (Fsp3) is 1.00. The minimum atomic E-state index is -3.83. The van der Waals surface area contributed by atoms with E-state index < -0.39 is 10.1 Å². The molecule has 0 saturated carbocycles. The zero-order chi connectivity index (χ0) is 13.0. The van der Waals surface area contributed by atoms with Crippen molar-refractivity contribution >= 4 is 10.1 Å². The Labute approximate surface area is 95.8 Å². The van der Waals surface area contributed by atoms with Crippen molar-refractivity contribution in [1.29, 1.82) is 0 Å². The SMILES string of the molecule is CN(CCO)CCO.NNCCS(=O)(=O)O. The molecule has 0 aromatic heterocycles. The molecule has 6 N–H and O–H groups in total. The number of rotatable bonds is 7. The van der Waals surface area contributed by atoms with Gasteiger partial charge in [0.15, 0.2) is 0 Å². The molecule has 0 radical (unpaired) electrons. The highest BCUT2D eigenvalue weighted by Crippen LogP contribution is 1.76. The van der Waals surface area contributed by atoms with E-state index in [1.165, 1.54) is 0 Å². The first kappa shape index (κ1) is 18.1. The van der Waals surface area contributed by atoms with Gasteiger partial charge in [-0.2, -0.15) is 8.42 Å². The molecule has 0 aromatic rings. The van der Waals surface area contributed by atoms with Crippen LogP contribution in [0.25, 0.3) is 0 Å². The Hall–Kier alpha value is -0.290. The van der Waals surface area contributed by atoms with Crippen LogP contribution < -0.4 is 11.3 Å². The van der Waals surface area contributed by atoms with Crippen LogP contribution in [-0.2, 0) is 10.1 Å². The molecular formula is C7H21N3O5S. The van der Waals surface area contributed by atoms with E-state index in [1.807, 2.05) is 11.9 Å². The maximum absolute atomic E-state index is 9.85. The Bertz CT molecular complexity index is 228. The van der Waals surface area contributed by atoms with E-state index in [9.17, 15) is 8.42 Å². The van der Waals surface area contributed by atoms with Crippen molar-refractivity contribution in [2.24, 2.45) is 5.84 Å². The minimum absolute atomic E-state index is 0.0683. The zero-order valence-corrected chi connectivity index (χ0v) is 10.2. The van der Waals surface area contributed by atoms with Crippen molar-refractivity contribution < 1.29 is 23.2 Å². The molecule has 0 fully saturated rings. The lowest BCUT2D eigenvalue weighted by Gasteiger charge is -2.11. The highest BCUT2D eigenvalue weighted by atomic mass is 32.2. The van der Waals surface area contributed by atoms with E-state index in [-0.39, 0.29) is 25.5 Å². The molecule has 0 unspecified atom stereocenters. The number of aliphatic hydroxyl groups excluding tert-OH is 2. The van der Waals surface area contributed by atoms with Gasteiger partial charge < -0.3 is 15.1 Å². The van der Waals surface area contributed by atoms with E-state index in [0.717, 1.165) is 0 Å². The van der Waals surface area contributed by atoms with Gasteiger partial charge in [0.05, 0.1) is 19.0 Å². The summed E-state index contributed by atoms with van der Waals surface area (Å²) in [5, 5.41) is 16.7. The maximum Gasteiger partial charge on any atom is 0.266 e. The van der Waals surface area contributed by atoms with Crippen molar-refractivity contribution in [3.05, 3.63) is 0 Å². The Morgan fingerprint density at radius 2 is 1.69 bits per heavy atom. The summed E-state index contributed by atoms with van der Waals surface area (Å²) in [5.41, 5.74) is 2.09. The standard InChI is InChI=1S/C5H13NO2.C2H8N2O3S/c1-6(2-4-7)3-5-8;3-4-1-2-8(5,6)7/h7-8H,2-5H2,1H3;4H,1-3H2,(H,5,6,7). The van der Waals surface area contributed by atoms with Gasteiger partial charge in [0, 0.05) is 19.6 Å². The lowest BCUT2D eigenvalue weighted by Crippen LogP contribution is -2.28. The summed E-state index contributed by atoms with van der Waals surface area (Å²) in [7, 11) is -1.98. The van der Waals surface area contributed by atoms with Crippen LogP contribution >= 0.6 is 0 Å². The molecule has 0 aromatic carbocycles. The molecule has 0 spiro atoms. The molecule has 0 aliphatic heterocycles. The number of hydrogen-bond acceptors (Lipinski definition) is 7. The number of nitrogens with zero attached hydrogens (tertiary/aromatic N) is 1. The molecule has 0 heterocycles. The first-order valence-electron chi connectivity index (χ1n) is 4.66. The first-order valence-corrected chi connectivity index (χ1v) is 6.27. The Balaban J connectivity index is 0. The average molecular weight is 259 g/mol. The summed E-state index contributed by atoms with van der Waals surface area (Å²) in [6.45, 7) is 1.67. The van der Waals surface area contributed by atoms with Crippen LogP contribution in [0.4, 0.5) is 0 Å². The topological polar surface area (TPSA) is 136 Å². The fourth-order valence-corrected chi connectivity index (χ4v) is 1.02. The molecule has 0 saturated heterocycles. The Kier molecular flexibility index (Phi) is 12.7. The summed E-state index contributed by atoms with van der Waals surface area (Å²) >= 11 is 0. The number of hydrazine groups is 1. The second kappa shape index (κ2) is 11.2. The van der Waals surface area contributed by atoms with Gasteiger partial charge in [-0.3, -0.25) is 15.8 Å². The molecule has 0 aliphatic carbocycles. The van der Waals surface area contributed by atoms with Crippen molar-refractivity contribution in [3.63, 3.8) is 0 Å². The van der Waals surface area contributed by atoms with Gasteiger partial charge in [0.2, 0.25) is 0 Å². The van der Waals surface area contributed by atoms with Crippen LogP contribution in [-0.4, -0.2) is 73.7 Å². The number of hydrogen-bond donors (Lipinski definition) is 5. The third kappa shape index (κ3) is 19.3. The third-order valence-corrected chi connectivity index (χ3v) is 2.19. The molecule has 16 heavy (non-hydrogen) atoms. The van der Waals surface area contributed by atoms with Crippen LogP contribution in [0, 0.1) is 0 Å². The van der Waals surface area contributed by atoms with Crippen molar-refractivity contribution in [1.82, 2.24) is 10.3 Å². The first-order chi connectivity index (χ1) is 7.37. The van der Waals surface area contributed by atoms with Gasteiger partial charge in [0.25, 0.3) is 10.1 Å². The van der Waals surface area contributed by atoms with Crippen LogP contribution in [0.5, 0.6) is 0 Å². The van der Waals surface area contributed by atoms with E-state index in [2.05, 4.69) is 5.43 Å². The van der Waals surface area contributed by atoms with E-state index in [4.69, 9.17) is 20.6 Å². The highest BCUT2D eigenvalue weighted by molar-refractivity contribution is 7.85. The predicted octanol–water partition coefficient (Wildman–Crippen LogP) is -2.76. The molecule has 0 amide bonds. The average Bonchev–Trinajstić information content (AvgIpc) is 2.15. The largest absolute Gasteiger partial charge is 0.395 e. The van der Waals surface area contributed by atoms with Crippen LogP contribution in [0.2, 0.25) is 0 Å². The number of nitrogens with one attached hydrogen (secondary N) is 1. The van der Waals surface area contributed by atoms with E-state index in [0.29, 0.717) is 13.1 Å². The Morgan fingerprint density at radius 1 is 1.25 bits per heavy atom. The molecule has 0 rings (SSSR count). The van der Waals surface area contributed by atoms with E-state index in [1.54, 1.807) is 0 Å². The van der Waals surface area contributed by atoms with Crippen molar-refractivity contribution in [3.8, 4) is 0 Å². The lowest BCUT2D eigenvalue weighted by molar-refractivity contribution is 0.184. The van der Waals surface area contributed by atoms with Gasteiger partial charge in [0.1, 0.15) is 0 Å².